The lowest BCUT2D eigenvalue weighted by Gasteiger charge is -2.09. The van der Waals surface area contributed by atoms with Gasteiger partial charge in [-0.05, 0) is 48.3 Å². The maximum Gasteiger partial charge on any atom is 0.341 e. The molecule has 0 aliphatic heterocycles. The second kappa shape index (κ2) is 8.70. The Morgan fingerprint density at radius 2 is 1.81 bits per heavy atom. The van der Waals surface area contributed by atoms with Crippen LogP contribution in [-0.2, 0) is 28.8 Å². The third-order valence-corrected chi connectivity index (χ3v) is 6.28. The van der Waals surface area contributed by atoms with E-state index in [1.54, 1.807) is 0 Å². The second-order valence-corrected chi connectivity index (χ2v) is 8.49. The van der Waals surface area contributed by atoms with Crippen molar-refractivity contribution < 1.29 is 14.3 Å². The van der Waals surface area contributed by atoms with Crippen LogP contribution in [0.5, 0.6) is 0 Å². The number of rotatable bonds is 5. The van der Waals surface area contributed by atoms with Gasteiger partial charge in [0.15, 0.2) is 0 Å². The molecule has 27 heavy (non-hydrogen) atoms. The van der Waals surface area contributed by atoms with Crippen LogP contribution in [0.1, 0.15) is 71.0 Å². The van der Waals surface area contributed by atoms with Gasteiger partial charge in [-0.15, -0.1) is 11.3 Å². The van der Waals surface area contributed by atoms with Crippen molar-refractivity contribution in [2.45, 2.75) is 58.3 Å². The van der Waals surface area contributed by atoms with Crippen molar-refractivity contribution in [3.05, 3.63) is 51.4 Å². The zero-order valence-electron chi connectivity index (χ0n) is 16.3. The molecule has 5 heteroatoms. The summed E-state index contributed by atoms with van der Waals surface area (Å²) in [4.78, 5) is 26.2. The van der Waals surface area contributed by atoms with Crippen molar-refractivity contribution in [1.29, 1.82) is 0 Å². The predicted octanol–water partition coefficient (Wildman–Crippen LogP) is 5.11. The molecular weight excluding hydrogens is 358 g/mol. The smallest absolute Gasteiger partial charge is 0.341 e. The first kappa shape index (κ1) is 19.6. The monoisotopic (exact) mass is 385 g/mol. The van der Waals surface area contributed by atoms with Crippen molar-refractivity contribution in [3.8, 4) is 0 Å². The Labute approximate surface area is 164 Å². The molecule has 0 spiro atoms. The lowest BCUT2D eigenvalue weighted by atomic mass is 10.0. The molecule has 0 saturated carbocycles. The first-order chi connectivity index (χ1) is 13.0. The largest absolute Gasteiger partial charge is 0.465 e. The number of thiophene rings is 1. The molecule has 0 radical (unpaired) electrons. The minimum Gasteiger partial charge on any atom is -0.465 e. The van der Waals surface area contributed by atoms with E-state index >= 15 is 0 Å². The van der Waals surface area contributed by atoms with Crippen LogP contribution in [-0.4, -0.2) is 19.0 Å². The topological polar surface area (TPSA) is 55.4 Å². The van der Waals surface area contributed by atoms with Crippen LogP contribution in [0.3, 0.4) is 0 Å². The number of esters is 1. The average molecular weight is 386 g/mol. The summed E-state index contributed by atoms with van der Waals surface area (Å²) in [6.45, 7) is 4.30. The number of hydrogen-bond acceptors (Lipinski definition) is 4. The summed E-state index contributed by atoms with van der Waals surface area (Å²) in [5, 5.41) is 3.60. The molecule has 1 N–H and O–H groups in total. The number of methoxy groups -OCH3 is 1. The summed E-state index contributed by atoms with van der Waals surface area (Å²) >= 11 is 1.53. The quantitative estimate of drug-likeness (QED) is 0.575. The van der Waals surface area contributed by atoms with Crippen LogP contribution >= 0.6 is 11.3 Å². The van der Waals surface area contributed by atoms with Gasteiger partial charge in [-0.25, -0.2) is 4.79 Å². The average Bonchev–Trinajstić information content (AvgIpc) is 2.82. The number of carbonyl (C=O) groups is 2. The Hall–Kier alpha value is -2.14. The Balaban J connectivity index is 1.78. The molecule has 1 aliphatic rings. The van der Waals surface area contributed by atoms with Crippen LogP contribution < -0.4 is 5.32 Å². The van der Waals surface area contributed by atoms with E-state index in [0.717, 1.165) is 36.8 Å². The summed E-state index contributed by atoms with van der Waals surface area (Å²) in [7, 11) is 1.39. The van der Waals surface area contributed by atoms with E-state index in [1.807, 2.05) is 12.1 Å². The van der Waals surface area contributed by atoms with Crippen LogP contribution in [0.2, 0.25) is 0 Å². The maximum absolute atomic E-state index is 12.6. The summed E-state index contributed by atoms with van der Waals surface area (Å²) in [5.41, 5.74) is 3.85. The normalized spacial score (nSPS) is 13.8. The number of nitrogens with one attached hydrogen (secondary N) is 1. The zero-order valence-corrected chi connectivity index (χ0v) is 17.1. The van der Waals surface area contributed by atoms with Crippen LogP contribution in [0.15, 0.2) is 24.3 Å². The standard InChI is InChI=1S/C22H27NO3S/c1-14(2)16-11-9-15(10-12-16)13-19(24)23-21-20(22(25)26-3)17-7-5-4-6-8-18(17)27-21/h9-12,14H,4-8,13H2,1-3H3,(H,23,24). The molecule has 1 aromatic carbocycles. The minimum atomic E-state index is -0.356. The van der Waals surface area contributed by atoms with E-state index in [0.29, 0.717) is 22.9 Å². The molecule has 1 aliphatic carbocycles. The van der Waals surface area contributed by atoms with Crippen LogP contribution in [0, 0.1) is 0 Å². The van der Waals surface area contributed by atoms with Gasteiger partial charge in [-0.2, -0.15) is 0 Å². The number of aryl methyl sites for hydroxylation is 1. The Morgan fingerprint density at radius 3 is 2.48 bits per heavy atom. The fourth-order valence-electron chi connectivity index (χ4n) is 3.53. The highest BCUT2D eigenvalue weighted by atomic mass is 32.1. The van der Waals surface area contributed by atoms with Gasteiger partial charge in [0, 0.05) is 4.88 Å². The Bertz CT molecular complexity index is 821. The molecule has 4 nitrogen and oxygen atoms in total. The number of ether oxygens (including phenoxy) is 1. The molecule has 0 bridgehead atoms. The molecule has 1 amide bonds. The van der Waals surface area contributed by atoms with E-state index in [9.17, 15) is 9.59 Å². The van der Waals surface area contributed by atoms with Crippen molar-refractivity contribution >= 4 is 28.2 Å². The number of fused-ring (bicyclic) bond motifs is 1. The van der Waals surface area contributed by atoms with Gasteiger partial charge >= 0.3 is 5.97 Å². The molecule has 0 atom stereocenters. The van der Waals surface area contributed by atoms with Crippen LogP contribution in [0.4, 0.5) is 5.00 Å². The number of anilines is 1. The molecule has 2 aromatic rings. The van der Waals surface area contributed by atoms with Crippen molar-refractivity contribution in [1.82, 2.24) is 0 Å². The summed E-state index contributed by atoms with van der Waals surface area (Å²) in [5.74, 6) is 0.0110. The number of benzene rings is 1. The molecule has 1 heterocycles. The SMILES string of the molecule is COC(=O)c1c(NC(=O)Cc2ccc(C(C)C)cc2)sc2c1CCCCC2. The molecular formula is C22H27NO3S. The fraction of sp³-hybridized carbons (Fsp3) is 0.455. The molecule has 144 valence electrons. The van der Waals surface area contributed by atoms with Gasteiger partial charge in [0.1, 0.15) is 5.00 Å². The van der Waals surface area contributed by atoms with E-state index in [-0.39, 0.29) is 11.9 Å². The van der Waals surface area contributed by atoms with Gasteiger partial charge in [-0.1, -0.05) is 44.5 Å². The highest BCUT2D eigenvalue weighted by Gasteiger charge is 2.26. The van der Waals surface area contributed by atoms with E-state index in [1.165, 1.54) is 35.3 Å². The third-order valence-electron chi connectivity index (χ3n) is 5.07. The lowest BCUT2D eigenvalue weighted by Crippen LogP contribution is -2.16. The molecule has 0 unspecified atom stereocenters. The molecule has 0 fully saturated rings. The van der Waals surface area contributed by atoms with Crippen molar-refractivity contribution in [2.24, 2.45) is 0 Å². The van der Waals surface area contributed by atoms with E-state index in [2.05, 4.69) is 31.3 Å². The van der Waals surface area contributed by atoms with Gasteiger partial charge in [0.25, 0.3) is 0 Å². The van der Waals surface area contributed by atoms with Crippen molar-refractivity contribution in [3.63, 3.8) is 0 Å². The molecule has 0 saturated heterocycles. The van der Waals surface area contributed by atoms with Gasteiger partial charge in [0.05, 0.1) is 19.1 Å². The Kier molecular flexibility index (Phi) is 6.32. The number of amides is 1. The molecule has 3 rings (SSSR count). The Morgan fingerprint density at radius 1 is 1.11 bits per heavy atom. The van der Waals surface area contributed by atoms with E-state index < -0.39 is 0 Å². The maximum atomic E-state index is 12.6. The fourth-order valence-corrected chi connectivity index (χ4v) is 4.82. The lowest BCUT2D eigenvalue weighted by molar-refractivity contribution is -0.115. The second-order valence-electron chi connectivity index (χ2n) is 7.38. The summed E-state index contributed by atoms with van der Waals surface area (Å²) in [6, 6.07) is 8.14. The van der Waals surface area contributed by atoms with Gasteiger partial charge < -0.3 is 10.1 Å². The summed E-state index contributed by atoms with van der Waals surface area (Å²) in [6.07, 6.45) is 5.52. The predicted molar refractivity (Wildman–Crippen MR) is 110 cm³/mol. The first-order valence-electron chi connectivity index (χ1n) is 9.61. The number of carbonyl (C=O) groups excluding carboxylic acids is 2. The molecule has 1 aromatic heterocycles. The van der Waals surface area contributed by atoms with Gasteiger partial charge in [-0.3, -0.25) is 4.79 Å². The third kappa shape index (κ3) is 4.59. The highest BCUT2D eigenvalue weighted by molar-refractivity contribution is 7.17. The summed E-state index contributed by atoms with van der Waals surface area (Å²) < 4.78 is 4.99. The first-order valence-corrected chi connectivity index (χ1v) is 10.4. The number of hydrogen-bond donors (Lipinski definition) is 1. The van der Waals surface area contributed by atoms with E-state index in [4.69, 9.17) is 4.74 Å². The zero-order chi connectivity index (χ0) is 19.4. The van der Waals surface area contributed by atoms with Crippen molar-refractivity contribution in [2.75, 3.05) is 12.4 Å². The van der Waals surface area contributed by atoms with Gasteiger partial charge in [0.2, 0.25) is 5.91 Å². The van der Waals surface area contributed by atoms with Crippen LogP contribution in [0.25, 0.3) is 0 Å². The minimum absolute atomic E-state index is 0.103. The highest BCUT2D eigenvalue weighted by Crippen LogP contribution is 2.38.